The average molecular weight is 243 g/mol. The lowest BCUT2D eigenvalue weighted by molar-refractivity contribution is -0.129. The van der Waals surface area contributed by atoms with E-state index in [1.54, 1.807) is 24.3 Å². The summed E-state index contributed by atoms with van der Waals surface area (Å²) in [6.07, 6.45) is 1.43. The van der Waals surface area contributed by atoms with Crippen LogP contribution in [0, 0.1) is 11.8 Å². The van der Waals surface area contributed by atoms with Gasteiger partial charge in [-0.15, -0.1) is 0 Å². The summed E-state index contributed by atoms with van der Waals surface area (Å²) in [6.45, 7) is -0.216. The molecule has 18 heavy (non-hydrogen) atoms. The zero-order valence-corrected chi connectivity index (χ0v) is 9.85. The Morgan fingerprint density at radius 2 is 1.94 bits per heavy atom. The van der Waals surface area contributed by atoms with Crippen molar-refractivity contribution in [1.82, 2.24) is 0 Å². The Morgan fingerprint density at radius 1 is 1.22 bits per heavy atom. The fourth-order valence-electron chi connectivity index (χ4n) is 1.91. The highest BCUT2D eigenvalue weighted by atomic mass is 16.2. The first-order valence-corrected chi connectivity index (χ1v) is 5.78. The molecule has 92 valence electrons. The van der Waals surface area contributed by atoms with Gasteiger partial charge in [0.1, 0.15) is 6.61 Å². The van der Waals surface area contributed by atoms with E-state index >= 15 is 0 Å². The summed E-state index contributed by atoms with van der Waals surface area (Å²) < 4.78 is 0. The monoisotopic (exact) mass is 243 g/mol. The van der Waals surface area contributed by atoms with Crippen molar-refractivity contribution in [3.8, 4) is 11.8 Å². The van der Waals surface area contributed by atoms with Crippen LogP contribution in [0.5, 0.6) is 0 Å². The van der Waals surface area contributed by atoms with Crippen LogP contribution in [-0.2, 0) is 9.59 Å². The second-order valence-electron chi connectivity index (χ2n) is 3.99. The zero-order chi connectivity index (χ0) is 13.0. The van der Waals surface area contributed by atoms with Gasteiger partial charge in [0.2, 0.25) is 11.8 Å². The van der Waals surface area contributed by atoms with Crippen molar-refractivity contribution in [2.45, 2.75) is 19.3 Å². The number of carbonyl (C=O) groups excluding carboxylic acids is 2. The van der Waals surface area contributed by atoms with E-state index in [0.717, 1.165) is 0 Å². The van der Waals surface area contributed by atoms with Gasteiger partial charge in [-0.1, -0.05) is 17.9 Å². The first-order chi connectivity index (χ1) is 8.72. The second-order valence-corrected chi connectivity index (χ2v) is 3.99. The summed E-state index contributed by atoms with van der Waals surface area (Å²) >= 11 is 0. The van der Waals surface area contributed by atoms with Gasteiger partial charge in [-0.25, -0.2) is 0 Å². The number of aliphatic hydroxyl groups is 1. The maximum atomic E-state index is 11.8. The Kier molecular flexibility index (Phi) is 3.75. The minimum Gasteiger partial charge on any atom is -0.384 e. The Balaban J connectivity index is 2.32. The van der Waals surface area contributed by atoms with E-state index in [1.807, 2.05) is 0 Å². The molecule has 2 rings (SSSR count). The molecule has 1 N–H and O–H groups in total. The van der Waals surface area contributed by atoms with Gasteiger partial charge in [0.05, 0.1) is 5.69 Å². The first kappa shape index (κ1) is 12.3. The zero-order valence-electron chi connectivity index (χ0n) is 9.85. The fraction of sp³-hybridized carbons (Fsp3) is 0.286. The molecule has 4 heteroatoms. The summed E-state index contributed by atoms with van der Waals surface area (Å²) in [5.41, 5.74) is 1.22. The maximum Gasteiger partial charge on any atom is 0.233 e. The van der Waals surface area contributed by atoms with Crippen LogP contribution in [0.4, 0.5) is 5.69 Å². The number of rotatable bonds is 1. The smallest absolute Gasteiger partial charge is 0.233 e. The molecule has 1 heterocycles. The van der Waals surface area contributed by atoms with Crippen LogP contribution in [0.3, 0.4) is 0 Å². The molecule has 1 aromatic rings. The van der Waals surface area contributed by atoms with E-state index in [2.05, 4.69) is 11.8 Å². The number of hydrogen-bond donors (Lipinski definition) is 1. The SMILES string of the molecule is O=C1CCCC(=O)N1c1cccc(C#CCO)c1. The van der Waals surface area contributed by atoms with E-state index in [1.165, 1.54) is 4.90 Å². The van der Waals surface area contributed by atoms with E-state index in [9.17, 15) is 9.59 Å². The van der Waals surface area contributed by atoms with E-state index < -0.39 is 0 Å². The Labute approximate surface area is 105 Å². The lowest BCUT2D eigenvalue weighted by Crippen LogP contribution is -2.40. The predicted molar refractivity (Wildman–Crippen MR) is 66.7 cm³/mol. The molecule has 4 nitrogen and oxygen atoms in total. The largest absolute Gasteiger partial charge is 0.384 e. The van der Waals surface area contributed by atoms with Gasteiger partial charge in [-0.3, -0.25) is 14.5 Å². The number of benzene rings is 1. The Morgan fingerprint density at radius 3 is 2.61 bits per heavy atom. The lowest BCUT2D eigenvalue weighted by atomic mass is 10.1. The third kappa shape index (κ3) is 2.58. The van der Waals surface area contributed by atoms with Crippen LogP contribution in [0.25, 0.3) is 0 Å². The van der Waals surface area contributed by atoms with Crippen molar-refractivity contribution in [2.75, 3.05) is 11.5 Å². The van der Waals surface area contributed by atoms with Crippen LogP contribution >= 0.6 is 0 Å². The van der Waals surface area contributed by atoms with Gasteiger partial charge in [-0.05, 0) is 24.6 Å². The molecule has 2 amide bonds. The summed E-state index contributed by atoms with van der Waals surface area (Å²) in [4.78, 5) is 24.7. The third-order valence-corrected chi connectivity index (χ3v) is 2.70. The van der Waals surface area contributed by atoms with Gasteiger partial charge < -0.3 is 5.11 Å². The molecule has 0 atom stereocenters. The van der Waals surface area contributed by atoms with Crippen LogP contribution in [0.2, 0.25) is 0 Å². The highest BCUT2D eigenvalue weighted by molar-refractivity contribution is 6.16. The lowest BCUT2D eigenvalue weighted by Gasteiger charge is -2.24. The van der Waals surface area contributed by atoms with E-state index in [4.69, 9.17) is 5.11 Å². The molecule has 1 fully saturated rings. The number of carbonyl (C=O) groups is 2. The molecule has 0 bridgehead atoms. The quantitative estimate of drug-likeness (QED) is 0.593. The van der Waals surface area contributed by atoms with Crippen molar-refractivity contribution in [3.05, 3.63) is 29.8 Å². The van der Waals surface area contributed by atoms with Crippen molar-refractivity contribution >= 4 is 17.5 Å². The molecule has 1 aromatic carbocycles. The number of piperidine rings is 1. The van der Waals surface area contributed by atoms with Gasteiger partial charge >= 0.3 is 0 Å². The number of anilines is 1. The first-order valence-electron chi connectivity index (χ1n) is 5.78. The molecule has 0 saturated carbocycles. The Bertz CT molecular complexity index is 523. The molecule has 0 aliphatic carbocycles. The fourth-order valence-corrected chi connectivity index (χ4v) is 1.91. The van der Waals surface area contributed by atoms with Crippen molar-refractivity contribution in [2.24, 2.45) is 0 Å². The van der Waals surface area contributed by atoms with Gasteiger partial charge in [0.15, 0.2) is 0 Å². The predicted octanol–water partition coefficient (Wildman–Crippen LogP) is 1.07. The highest BCUT2D eigenvalue weighted by Gasteiger charge is 2.27. The van der Waals surface area contributed by atoms with Crippen LogP contribution < -0.4 is 4.90 Å². The molecule has 1 aliphatic heterocycles. The minimum atomic E-state index is -0.216. The van der Waals surface area contributed by atoms with Crippen LogP contribution in [-0.4, -0.2) is 23.5 Å². The molecule has 1 aliphatic rings. The molecule has 1 saturated heterocycles. The number of hydrogen-bond acceptors (Lipinski definition) is 3. The number of aliphatic hydroxyl groups excluding tert-OH is 1. The molecule has 0 unspecified atom stereocenters. The van der Waals surface area contributed by atoms with Gasteiger partial charge in [0.25, 0.3) is 0 Å². The van der Waals surface area contributed by atoms with Gasteiger partial charge in [0, 0.05) is 18.4 Å². The molecular formula is C14H13NO3. The topological polar surface area (TPSA) is 57.6 Å². The molecule has 0 spiro atoms. The van der Waals surface area contributed by atoms with Crippen molar-refractivity contribution in [3.63, 3.8) is 0 Å². The highest BCUT2D eigenvalue weighted by Crippen LogP contribution is 2.22. The molecule has 0 aromatic heterocycles. The molecule has 0 radical (unpaired) electrons. The summed E-state index contributed by atoms with van der Waals surface area (Å²) in [5.74, 6) is 4.95. The third-order valence-electron chi connectivity index (χ3n) is 2.70. The van der Waals surface area contributed by atoms with Crippen LogP contribution in [0.1, 0.15) is 24.8 Å². The number of amides is 2. The van der Waals surface area contributed by atoms with E-state index in [0.29, 0.717) is 30.5 Å². The van der Waals surface area contributed by atoms with Gasteiger partial charge in [-0.2, -0.15) is 0 Å². The minimum absolute atomic E-state index is 0.168. The number of nitrogens with zero attached hydrogens (tertiary/aromatic N) is 1. The normalized spacial score (nSPS) is 15.3. The summed E-state index contributed by atoms with van der Waals surface area (Å²) in [7, 11) is 0. The standard InChI is InChI=1S/C14H13NO3/c16-9-3-5-11-4-1-6-12(10-11)15-13(17)7-2-8-14(15)18/h1,4,6,10,16H,2,7-9H2. The van der Waals surface area contributed by atoms with Crippen molar-refractivity contribution in [1.29, 1.82) is 0 Å². The van der Waals surface area contributed by atoms with E-state index in [-0.39, 0.29) is 18.4 Å². The summed E-state index contributed by atoms with van der Waals surface area (Å²) in [5, 5.41) is 8.64. The van der Waals surface area contributed by atoms with Crippen LogP contribution in [0.15, 0.2) is 24.3 Å². The Hall–Kier alpha value is -2.12. The number of imide groups is 1. The maximum absolute atomic E-state index is 11.8. The second kappa shape index (κ2) is 5.48. The summed E-state index contributed by atoms with van der Waals surface area (Å²) in [6, 6.07) is 6.91. The van der Waals surface area contributed by atoms with Crippen molar-refractivity contribution < 1.29 is 14.7 Å². The average Bonchev–Trinajstić information content (AvgIpc) is 2.37. The molecular weight excluding hydrogens is 230 g/mol.